The van der Waals surface area contributed by atoms with Gasteiger partial charge in [-0.1, -0.05) is 12.1 Å². The van der Waals surface area contributed by atoms with Crippen LogP contribution in [0.1, 0.15) is 37.3 Å². The molecule has 33 heavy (non-hydrogen) atoms. The van der Waals surface area contributed by atoms with E-state index < -0.39 is 0 Å². The summed E-state index contributed by atoms with van der Waals surface area (Å²) in [7, 11) is 1.61. The summed E-state index contributed by atoms with van der Waals surface area (Å²) in [4.78, 5) is 40.2. The first-order valence-corrected chi connectivity index (χ1v) is 11.1. The number of nitrogens with two attached hydrogens (primary N) is 1. The molecule has 9 nitrogen and oxygen atoms in total. The van der Waals surface area contributed by atoms with Crippen LogP contribution in [0.25, 0.3) is 11.0 Å². The van der Waals surface area contributed by atoms with Gasteiger partial charge in [-0.3, -0.25) is 14.2 Å². The number of hydrogen-bond acceptors (Lipinski definition) is 5. The number of aryl methyl sites for hydroxylation is 1. The number of hydrogen-bond donors (Lipinski definition) is 4. The van der Waals surface area contributed by atoms with E-state index in [9.17, 15) is 14.4 Å². The van der Waals surface area contributed by atoms with Crippen molar-refractivity contribution in [2.45, 2.75) is 38.6 Å². The summed E-state index contributed by atoms with van der Waals surface area (Å²) in [6.45, 7) is 1.82. The summed E-state index contributed by atoms with van der Waals surface area (Å²) in [5, 5.41) is 5.72. The van der Waals surface area contributed by atoms with Crippen LogP contribution in [-0.2, 0) is 9.59 Å². The van der Waals surface area contributed by atoms with E-state index in [4.69, 9.17) is 10.5 Å². The average molecular weight is 452 g/mol. The zero-order chi connectivity index (χ0) is 23.5. The van der Waals surface area contributed by atoms with Crippen LogP contribution < -0.4 is 26.8 Å². The number of nitrogens with zero attached hydrogens (tertiary/aromatic N) is 1. The molecule has 9 heteroatoms. The normalized spacial score (nSPS) is 18.2. The molecule has 1 fully saturated rings. The Morgan fingerprint density at radius 3 is 2.61 bits per heavy atom. The van der Waals surface area contributed by atoms with Crippen LogP contribution in [0.2, 0.25) is 0 Å². The van der Waals surface area contributed by atoms with Crippen molar-refractivity contribution in [1.82, 2.24) is 9.55 Å². The largest absolute Gasteiger partial charge is 0.496 e. The maximum atomic E-state index is 12.8. The Bertz CT molecular complexity index is 1240. The second-order valence-corrected chi connectivity index (χ2v) is 8.43. The minimum Gasteiger partial charge on any atom is -0.496 e. The predicted molar refractivity (Wildman–Crippen MR) is 128 cm³/mol. The first-order chi connectivity index (χ1) is 15.9. The third-order valence-corrected chi connectivity index (χ3v) is 6.32. The van der Waals surface area contributed by atoms with Crippen LogP contribution in [-0.4, -0.2) is 35.0 Å². The number of imidazole rings is 1. The number of H-pyrrole nitrogens is 1. The average Bonchev–Trinajstić information content (AvgIpc) is 3.17. The zero-order valence-electron chi connectivity index (χ0n) is 18.8. The Hall–Kier alpha value is -3.59. The molecule has 0 unspecified atom stereocenters. The minimum absolute atomic E-state index is 0.0163. The standard InChI is InChI=1S/C24H29N5O4/c1-14-6-9-16(12-20(14)33-2)26-23(31)15-7-10-17(11-8-15)29-19-5-3-4-18(27-21(30)13-25)22(19)28-24(29)32/h3-6,9,12,15,17H,7-8,10-11,13,25H2,1-2H3,(H,26,31)(H,27,30)(H,28,32). The molecule has 3 aromatic rings. The van der Waals surface area contributed by atoms with Crippen molar-refractivity contribution in [3.8, 4) is 5.75 Å². The lowest BCUT2D eigenvalue weighted by atomic mass is 9.85. The summed E-state index contributed by atoms with van der Waals surface area (Å²) in [5.41, 5.74) is 8.73. The van der Waals surface area contributed by atoms with Gasteiger partial charge in [0.2, 0.25) is 11.8 Å². The van der Waals surface area contributed by atoms with Gasteiger partial charge < -0.3 is 26.1 Å². The lowest BCUT2D eigenvalue weighted by Crippen LogP contribution is -2.31. The number of benzene rings is 2. The summed E-state index contributed by atoms with van der Waals surface area (Å²) < 4.78 is 7.08. The van der Waals surface area contributed by atoms with Gasteiger partial charge in [0.1, 0.15) is 5.75 Å². The first kappa shape index (κ1) is 22.6. The summed E-state index contributed by atoms with van der Waals surface area (Å²) in [6, 6.07) is 11.0. The van der Waals surface area contributed by atoms with E-state index in [2.05, 4.69) is 15.6 Å². The number of fused-ring (bicyclic) bond motifs is 1. The molecule has 2 amide bonds. The van der Waals surface area contributed by atoms with Crippen molar-refractivity contribution in [2.24, 2.45) is 11.7 Å². The van der Waals surface area contributed by atoms with E-state index in [0.29, 0.717) is 42.6 Å². The van der Waals surface area contributed by atoms with E-state index in [1.165, 1.54) is 0 Å². The molecular formula is C24H29N5O4. The van der Waals surface area contributed by atoms with Crippen LogP contribution in [0, 0.1) is 12.8 Å². The molecule has 2 aromatic carbocycles. The van der Waals surface area contributed by atoms with Crippen molar-refractivity contribution in [1.29, 1.82) is 0 Å². The number of aromatic amines is 1. The lowest BCUT2D eigenvalue weighted by molar-refractivity contribution is -0.121. The molecule has 1 saturated carbocycles. The third-order valence-electron chi connectivity index (χ3n) is 6.32. The number of ether oxygens (including phenoxy) is 1. The Kier molecular flexibility index (Phi) is 6.50. The number of rotatable bonds is 6. The highest BCUT2D eigenvalue weighted by molar-refractivity contribution is 6.00. The van der Waals surface area contributed by atoms with Gasteiger partial charge in [-0.25, -0.2) is 4.79 Å². The minimum atomic E-state index is -0.325. The summed E-state index contributed by atoms with van der Waals surface area (Å²) in [5.74, 6) is 0.275. The maximum Gasteiger partial charge on any atom is 0.326 e. The summed E-state index contributed by atoms with van der Waals surface area (Å²) in [6.07, 6.45) is 2.79. The van der Waals surface area contributed by atoms with E-state index in [1.54, 1.807) is 23.8 Å². The molecule has 0 spiro atoms. The van der Waals surface area contributed by atoms with Crippen LogP contribution >= 0.6 is 0 Å². The smallest absolute Gasteiger partial charge is 0.326 e. The number of nitrogens with one attached hydrogen (secondary N) is 3. The van der Waals surface area contributed by atoms with Crippen molar-refractivity contribution in [3.63, 3.8) is 0 Å². The Morgan fingerprint density at radius 1 is 1.15 bits per heavy atom. The first-order valence-electron chi connectivity index (χ1n) is 11.1. The fourth-order valence-corrected chi connectivity index (χ4v) is 4.56. The molecule has 4 rings (SSSR count). The number of para-hydroxylation sites is 1. The van der Waals surface area contributed by atoms with E-state index >= 15 is 0 Å². The van der Waals surface area contributed by atoms with Crippen molar-refractivity contribution in [3.05, 3.63) is 52.4 Å². The summed E-state index contributed by atoms with van der Waals surface area (Å²) >= 11 is 0. The van der Waals surface area contributed by atoms with E-state index in [-0.39, 0.29) is 36.0 Å². The van der Waals surface area contributed by atoms with Gasteiger partial charge in [-0.05, 0) is 56.4 Å². The Labute approximate surface area is 191 Å². The fraction of sp³-hybridized carbons (Fsp3) is 0.375. The van der Waals surface area contributed by atoms with Gasteiger partial charge >= 0.3 is 5.69 Å². The topological polar surface area (TPSA) is 131 Å². The van der Waals surface area contributed by atoms with Gasteiger partial charge in [-0.15, -0.1) is 0 Å². The van der Waals surface area contributed by atoms with Gasteiger partial charge in [0.25, 0.3) is 0 Å². The quantitative estimate of drug-likeness (QED) is 0.458. The highest BCUT2D eigenvalue weighted by atomic mass is 16.5. The number of amides is 2. The van der Waals surface area contributed by atoms with Gasteiger partial charge in [0, 0.05) is 23.7 Å². The predicted octanol–water partition coefficient (Wildman–Crippen LogP) is 2.91. The SMILES string of the molecule is COc1cc(NC(=O)C2CCC(n3c(=O)[nH]c4c(NC(=O)CN)cccc43)CC2)ccc1C. The molecule has 0 bridgehead atoms. The van der Waals surface area contributed by atoms with Crippen molar-refractivity contribution >= 4 is 34.2 Å². The van der Waals surface area contributed by atoms with E-state index in [1.807, 2.05) is 31.2 Å². The van der Waals surface area contributed by atoms with Gasteiger partial charge in [0.05, 0.1) is 30.4 Å². The second kappa shape index (κ2) is 9.50. The second-order valence-electron chi connectivity index (χ2n) is 8.43. The van der Waals surface area contributed by atoms with Crippen LogP contribution in [0.5, 0.6) is 5.75 Å². The number of carbonyl (C=O) groups excluding carboxylic acids is 2. The molecule has 1 aliphatic carbocycles. The molecule has 174 valence electrons. The molecule has 0 saturated heterocycles. The Balaban J connectivity index is 1.46. The number of aromatic nitrogens is 2. The number of carbonyl (C=O) groups is 2. The van der Waals surface area contributed by atoms with Crippen LogP contribution in [0.3, 0.4) is 0 Å². The third kappa shape index (κ3) is 4.63. The molecule has 0 radical (unpaired) electrons. The Morgan fingerprint density at radius 2 is 1.91 bits per heavy atom. The number of anilines is 2. The zero-order valence-corrected chi connectivity index (χ0v) is 18.8. The van der Waals surface area contributed by atoms with Gasteiger partial charge in [0.15, 0.2) is 0 Å². The van der Waals surface area contributed by atoms with Crippen LogP contribution in [0.4, 0.5) is 11.4 Å². The molecule has 0 aliphatic heterocycles. The van der Waals surface area contributed by atoms with E-state index in [0.717, 1.165) is 16.8 Å². The van der Waals surface area contributed by atoms with Gasteiger partial charge in [-0.2, -0.15) is 0 Å². The molecule has 1 aliphatic rings. The van der Waals surface area contributed by atoms with Crippen LogP contribution in [0.15, 0.2) is 41.2 Å². The van der Waals surface area contributed by atoms with Crippen molar-refractivity contribution in [2.75, 3.05) is 24.3 Å². The molecule has 1 aromatic heterocycles. The molecule has 0 atom stereocenters. The molecular weight excluding hydrogens is 422 g/mol. The fourth-order valence-electron chi connectivity index (χ4n) is 4.56. The highest BCUT2D eigenvalue weighted by Crippen LogP contribution is 2.35. The monoisotopic (exact) mass is 451 g/mol. The highest BCUT2D eigenvalue weighted by Gasteiger charge is 2.29. The van der Waals surface area contributed by atoms with Crippen molar-refractivity contribution < 1.29 is 14.3 Å². The lowest BCUT2D eigenvalue weighted by Gasteiger charge is -2.28. The molecule has 1 heterocycles. The maximum absolute atomic E-state index is 12.8. The number of methoxy groups -OCH3 is 1. The molecule has 5 N–H and O–H groups in total.